The lowest BCUT2D eigenvalue weighted by Gasteiger charge is -2.40. The lowest BCUT2D eigenvalue weighted by molar-refractivity contribution is 0.103. The van der Waals surface area contributed by atoms with Crippen LogP contribution in [0, 0.1) is 29.6 Å². The van der Waals surface area contributed by atoms with Gasteiger partial charge in [-0.2, -0.15) is 5.26 Å². The molecule has 0 amide bonds. The molecule has 0 bridgehead atoms. The van der Waals surface area contributed by atoms with Gasteiger partial charge in [0.15, 0.2) is 5.78 Å². The molecule has 1 saturated heterocycles. The Kier molecular flexibility index (Phi) is 5.00. The molecule has 33 heavy (non-hydrogen) atoms. The Labute approximate surface area is 196 Å². The van der Waals surface area contributed by atoms with Crippen molar-refractivity contribution in [3.8, 4) is 18.4 Å². The minimum absolute atomic E-state index is 0.0181. The number of anilines is 1. The van der Waals surface area contributed by atoms with Gasteiger partial charge in [-0.25, -0.2) is 0 Å². The second-order valence-electron chi connectivity index (χ2n) is 10.2. The number of nitrogens with zero attached hydrogens (tertiary/aromatic N) is 3. The quantitative estimate of drug-likeness (QED) is 0.717. The number of hydrogen-bond acceptors (Lipinski definition) is 4. The maximum atomic E-state index is 13.7. The molecule has 1 atom stereocenters. The van der Waals surface area contributed by atoms with E-state index in [2.05, 4.69) is 60.5 Å². The highest BCUT2D eigenvalue weighted by Crippen LogP contribution is 2.46. The fourth-order valence-corrected chi connectivity index (χ4v) is 5.62. The molecule has 5 heteroatoms. The summed E-state index contributed by atoms with van der Waals surface area (Å²) in [6, 6.07) is 6.94. The summed E-state index contributed by atoms with van der Waals surface area (Å²) in [5.74, 6) is 2.71. The maximum absolute atomic E-state index is 13.7. The lowest BCUT2D eigenvalue weighted by atomic mass is 9.70. The average molecular weight is 439 g/mol. The Morgan fingerprint density at radius 2 is 1.94 bits per heavy atom. The summed E-state index contributed by atoms with van der Waals surface area (Å²) in [5, 5.41) is 9.37. The monoisotopic (exact) mass is 438 g/mol. The zero-order valence-corrected chi connectivity index (χ0v) is 19.8. The van der Waals surface area contributed by atoms with Crippen molar-refractivity contribution in [3.63, 3.8) is 0 Å². The predicted octanol–water partition coefficient (Wildman–Crippen LogP) is 4.11. The molecule has 2 aromatic rings. The third kappa shape index (κ3) is 3.23. The number of ketones is 1. The third-order valence-corrected chi connectivity index (χ3v) is 7.65. The Morgan fingerprint density at radius 3 is 2.58 bits per heavy atom. The predicted molar refractivity (Wildman–Crippen MR) is 131 cm³/mol. The van der Waals surface area contributed by atoms with E-state index in [0.29, 0.717) is 18.0 Å². The Hall–Kier alpha value is -3.28. The topological polar surface area (TPSA) is 63.1 Å². The number of nitriles is 1. The molecule has 3 aliphatic rings. The van der Waals surface area contributed by atoms with E-state index >= 15 is 0 Å². The van der Waals surface area contributed by atoms with Gasteiger partial charge in [0.05, 0.1) is 23.2 Å². The number of carbonyl (C=O) groups excluding carboxylic acids is 1. The molecule has 5 rings (SSSR count). The van der Waals surface area contributed by atoms with Crippen LogP contribution in [0.5, 0.6) is 0 Å². The summed E-state index contributed by atoms with van der Waals surface area (Å²) in [6.07, 6.45) is 10.4. The minimum Gasteiger partial charge on any atom is -0.368 e. The van der Waals surface area contributed by atoms with Crippen LogP contribution in [-0.4, -0.2) is 47.9 Å². The molecule has 1 unspecified atom stereocenters. The summed E-state index contributed by atoms with van der Waals surface area (Å²) >= 11 is 0. The van der Waals surface area contributed by atoms with Crippen molar-refractivity contribution in [1.29, 1.82) is 5.26 Å². The molecule has 2 heterocycles. The van der Waals surface area contributed by atoms with Crippen molar-refractivity contribution < 1.29 is 4.79 Å². The Bertz CT molecular complexity index is 1260. The van der Waals surface area contributed by atoms with Crippen LogP contribution in [0.25, 0.3) is 6.08 Å². The van der Waals surface area contributed by atoms with E-state index in [1.54, 1.807) is 0 Å². The number of H-pyrrole nitrogens is 1. The molecule has 1 N–H and O–H groups in total. The van der Waals surface area contributed by atoms with Crippen LogP contribution in [0.15, 0.2) is 18.2 Å². The van der Waals surface area contributed by atoms with Crippen LogP contribution in [0.1, 0.15) is 71.7 Å². The molecule has 1 aromatic carbocycles. The number of benzene rings is 1. The van der Waals surface area contributed by atoms with Crippen molar-refractivity contribution in [2.24, 2.45) is 5.92 Å². The van der Waals surface area contributed by atoms with Gasteiger partial charge >= 0.3 is 0 Å². The second-order valence-corrected chi connectivity index (χ2v) is 10.2. The first kappa shape index (κ1) is 21.6. The third-order valence-electron chi connectivity index (χ3n) is 7.65. The van der Waals surface area contributed by atoms with Gasteiger partial charge in [0.1, 0.15) is 0 Å². The fourth-order valence-electron chi connectivity index (χ4n) is 5.62. The molecule has 1 aliphatic heterocycles. The molecular weight excluding hydrogens is 408 g/mol. The number of nitrogens with one attached hydrogen (secondary N) is 1. The fraction of sp³-hybridized carbons (Fsp3) is 0.429. The smallest absolute Gasteiger partial charge is 0.195 e. The molecule has 1 fully saturated rings. The van der Waals surface area contributed by atoms with E-state index in [-0.39, 0.29) is 17.1 Å². The number of terminal acetylenes is 1. The largest absolute Gasteiger partial charge is 0.368 e. The standard InChI is InChI=1S/C28H30N4O/c1-6-19-14-21-22(15-24(19)32-11-9-31(10-12-32)17(2)3)28(4,5)27-25(26(21)33)20-8-7-18(16-29)13-23(20)30-27/h1,7-8,14-15,17-18,30H,9-13H2,2-5H3. The molecule has 0 saturated carbocycles. The zero-order chi connectivity index (χ0) is 23.5. The molecule has 5 nitrogen and oxygen atoms in total. The number of aromatic amines is 1. The number of aromatic nitrogens is 1. The number of rotatable bonds is 2. The average Bonchev–Trinajstić information content (AvgIpc) is 3.22. The summed E-state index contributed by atoms with van der Waals surface area (Å²) < 4.78 is 0. The van der Waals surface area contributed by atoms with Gasteiger partial charge in [0.2, 0.25) is 0 Å². The van der Waals surface area contributed by atoms with E-state index < -0.39 is 0 Å². The van der Waals surface area contributed by atoms with Crippen molar-refractivity contribution >= 4 is 17.5 Å². The minimum atomic E-state index is -0.381. The van der Waals surface area contributed by atoms with Gasteiger partial charge in [-0.3, -0.25) is 9.69 Å². The Balaban J connectivity index is 1.59. The van der Waals surface area contributed by atoms with E-state index in [1.165, 1.54) is 0 Å². The van der Waals surface area contributed by atoms with Crippen molar-refractivity contribution in [3.05, 3.63) is 57.4 Å². The second kappa shape index (κ2) is 7.65. The number of piperazine rings is 1. The summed E-state index contributed by atoms with van der Waals surface area (Å²) in [7, 11) is 0. The highest BCUT2D eigenvalue weighted by Gasteiger charge is 2.42. The van der Waals surface area contributed by atoms with Gasteiger partial charge in [0, 0.05) is 72.1 Å². The maximum Gasteiger partial charge on any atom is 0.195 e. The van der Waals surface area contributed by atoms with Crippen LogP contribution < -0.4 is 4.90 Å². The van der Waals surface area contributed by atoms with Crippen LogP contribution in [0.2, 0.25) is 0 Å². The van der Waals surface area contributed by atoms with Gasteiger partial charge in [-0.05, 0) is 31.5 Å². The van der Waals surface area contributed by atoms with Crippen molar-refractivity contribution in [2.75, 3.05) is 31.1 Å². The van der Waals surface area contributed by atoms with Crippen LogP contribution >= 0.6 is 0 Å². The molecule has 2 aliphatic carbocycles. The zero-order valence-electron chi connectivity index (χ0n) is 19.8. The van der Waals surface area contributed by atoms with Crippen LogP contribution in [0.3, 0.4) is 0 Å². The molecule has 0 radical (unpaired) electrons. The summed E-state index contributed by atoms with van der Waals surface area (Å²) in [4.78, 5) is 22.1. The first-order valence-electron chi connectivity index (χ1n) is 11.8. The normalized spacial score (nSPS) is 21.2. The van der Waals surface area contributed by atoms with E-state index in [4.69, 9.17) is 6.42 Å². The summed E-state index contributed by atoms with van der Waals surface area (Å²) in [6.45, 7) is 12.6. The van der Waals surface area contributed by atoms with Crippen molar-refractivity contribution in [1.82, 2.24) is 9.88 Å². The number of hydrogen-bond donors (Lipinski definition) is 1. The van der Waals surface area contributed by atoms with E-state index in [0.717, 1.165) is 65.5 Å². The lowest BCUT2D eigenvalue weighted by Crippen LogP contribution is -2.49. The number of allylic oxidation sites excluding steroid dienone is 1. The van der Waals surface area contributed by atoms with Crippen LogP contribution in [-0.2, 0) is 11.8 Å². The highest BCUT2D eigenvalue weighted by atomic mass is 16.1. The first-order valence-corrected chi connectivity index (χ1v) is 11.8. The molecule has 168 valence electrons. The van der Waals surface area contributed by atoms with Crippen molar-refractivity contribution in [2.45, 2.75) is 45.6 Å². The van der Waals surface area contributed by atoms with Crippen LogP contribution in [0.4, 0.5) is 5.69 Å². The molecule has 0 spiro atoms. The molecular formula is C28H30N4O. The Morgan fingerprint density at radius 1 is 1.21 bits per heavy atom. The van der Waals surface area contributed by atoms with Gasteiger partial charge in [-0.1, -0.05) is 31.9 Å². The van der Waals surface area contributed by atoms with Gasteiger partial charge < -0.3 is 9.88 Å². The van der Waals surface area contributed by atoms with E-state index in [9.17, 15) is 10.1 Å². The summed E-state index contributed by atoms with van der Waals surface area (Å²) in [5.41, 5.74) is 6.74. The van der Waals surface area contributed by atoms with Gasteiger partial charge in [0.25, 0.3) is 0 Å². The van der Waals surface area contributed by atoms with Gasteiger partial charge in [-0.15, -0.1) is 6.42 Å². The first-order chi connectivity index (χ1) is 15.8. The SMILES string of the molecule is C#Cc1cc2c(cc1N1CCN(C(C)C)CC1)C(C)(C)c1[nH]c3c(c1C2=O)C=CC(C#N)C3. The van der Waals surface area contributed by atoms with E-state index in [1.807, 2.05) is 18.2 Å². The molecule has 1 aromatic heterocycles. The number of fused-ring (bicyclic) bond motifs is 4. The number of carbonyl (C=O) groups is 1. The highest BCUT2D eigenvalue weighted by molar-refractivity contribution is 6.15.